The Morgan fingerprint density at radius 1 is 1.24 bits per heavy atom. The van der Waals surface area contributed by atoms with E-state index in [4.69, 9.17) is 15.2 Å². The molecule has 0 bridgehead atoms. The van der Waals surface area contributed by atoms with Gasteiger partial charge in [-0.05, 0) is 75.8 Å². The van der Waals surface area contributed by atoms with Gasteiger partial charge in [0.1, 0.15) is 23.1 Å². The number of nitrogens with two attached hydrogens (primary N) is 1. The lowest BCUT2D eigenvalue weighted by molar-refractivity contribution is -0.135. The number of nitrogens with one attached hydrogen (secondary N) is 1. The first kappa shape index (κ1) is 25.6. The van der Waals surface area contributed by atoms with Crippen LogP contribution in [-0.4, -0.2) is 22.6 Å². The smallest absolute Gasteiger partial charge is 0.328 e. The minimum Gasteiger partial charge on any atom is -0.487 e. The van der Waals surface area contributed by atoms with Gasteiger partial charge in [-0.25, -0.2) is 4.79 Å². The number of carbonyl (C=O) groups excluding carboxylic acids is 1. The first-order valence-electron chi connectivity index (χ1n) is 13.8. The summed E-state index contributed by atoms with van der Waals surface area (Å²) < 4.78 is 12.8. The largest absolute Gasteiger partial charge is 0.487 e. The number of hydrogen-bond donors (Lipinski definition) is 2. The number of ether oxygens (including phenoxy) is 2. The zero-order valence-corrected chi connectivity index (χ0v) is 22.6. The Hall–Kier alpha value is -3.05. The van der Waals surface area contributed by atoms with Crippen molar-refractivity contribution in [2.45, 2.75) is 90.2 Å². The van der Waals surface area contributed by atoms with Crippen molar-refractivity contribution in [1.82, 2.24) is 4.98 Å². The number of unbranched alkanes of at least 4 members (excludes halogenated alkanes) is 2. The van der Waals surface area contributed by atoms with Gasteiger partial charge in [-0.3, -0.25) is 0 Å². The van der Waals surface area contributed by atoms with E-state index in [2.05, 4.69) is 50.9 Å². The molecule has 2 heterocycles. The van der Waals surface area contributed by atoms with Gasteiger partial charge in [0.05, 0.1) is 0 Å². The molecule has 196 valence electrons. The standard InChI is InChI=1S/C32H40N2O3/c1-5-6-7-10-21-16-28(30-24-15-20(2)13-14-25(24)32(3,4)37-29(30)17-21)36-31(35)26(33)18-22-19-34-27-12-9-8-11-23(22)27/h8-9,11-12,15-17,19,24-26,34H,5-7,10,13-14,18,33H2,1-4H3. The van der Waals surface area contributed by atoms with Crippen molar-refractivity contribution < 1.29 is 14.3 Å². The average molecular weight is 501 g/mol. The van der Waals surface area contributed by atoms with Crippen LogP contribution < -0.4 is 15.2 Å². The van der Waals surface area contributed by atoms with Gasteiger partial charge in [-0.1, -0.05) is 49.6 Å². The summed E-state index contributed by atoms with van der Waals surface area (Å²) in [4.78, 5) is 16.6. The minimum absolute atomic E-state index is 0.157. The van der Waals surface area contributed by atoms with E-state index in [1.165, 1.54) is 12.0 Å². The fraction of sp³-hybridized carbons (Fsp3) is 0.469. The van der Waals surface area contributed by atoms with E-state index in [0.29, 0.717) is 18.1 Å². The third-order valence-electron chi connectivity index (χ3n) is 8.21. The number of para-hydroxylation sites is 1. The number of carbonyl (C=O) groups is 1. The zero-order valence-electron chi connectivity index (χ0n) is 22.6. The fourth-order valence-electron chi connectivity index (χ4n) is 6.17. The molecule has 0 amide bonds. The normalized spacial score (nSPS) is 20.9. The molecule has 0 saturated carbocycles. The summed E-state index contributed by atoms with van der Waals surface area (Å²) in [6.07, 6.45) is 11.2. The molecule has 3 unspecified atom stereocenters. The molecule has 5 rings (SSSR count). The van der Waals surface area contributed by atoms with E-state index in [0.717, 1.165) is 65.4 Å². The Kier molecular flexibility index (Phi) is 7.17. The lowest BCUT2D eigenvalue weighted by Gasteiger charge is -2.46. The third-order valence-corrected chi connectivity index (χ3v) is 8.21. The van der Waals surface area contributed by atoms with Crippen molar-refractivity contribution in [3.05, 3.63) is 70.9 Å². The maximum Gasteiger partial charge on any atom is 0.328 e. The Morgan fingerprint density at radius 2 is 2.05 bits per heavy atom. The SMILES string of the molecule is CCCCCc1cc(OC(=O)C(N)Cc2c[nH]c3ccccc23)c2c(c1)OC(C)(C)C1CCC(C)=CC21. The molecular formula is C32H40N2O3. The number of benzene rings is 2. The molecule has 1 aliphatic carbocycles. The van der Waals surface area contributed by atoms with Crippen molar-refractivity contribution in [3.63, 3.8) is 0 Å². The second kappa shape index (κ2) is 10.4. The highest BCUT2D eigenvalue weighted by Crippen LogP contribution is 2.53. The molecule has 2 aromatic carbocycles. The van der Waals surface area contributed by atoms with Crippen LogP contribution >= 0.6 is 0 Å². The summed E-state index contributed by atoms with van der Waals surface area (Å²) in [6.45, 7) is 8.78. The van der Waals surface area contributed by atoms with Gasteiger partial charge in [0.25, 0.3) is 0 Å². The fourth-order valence-corrected chi connectivity index (χ4v) is 6.17. The second-order valence-electron chi connectivity index (χ2n) is 11.4. The van der Waals surface area contributed by atoms with Crippen LogP contribution in [0.4, 0.5) is 0 Å². The summed E-state index contributed by atoms with van der Waals surface area (Å²) in [6, 6.07) is 11.5. The lowest BCUT2D eigenvalue weighted by Crippen LogP contribution is -2.45. The lowest BCUT2D eigenvalue weighted by atomic mass is 9.68. The van der Waals surface area contributed by atoms with E-state index in [1.807, 2.05) is 30.5 Å². The highest BCUT2D eigenvalue weighted by atomic mass is 16.5. The van der Waals surface area contributed by atoms with Gasteiger partial charge >= 0.3 is 5.97 Å². The van der Waals surface area contributed by atoms with E-state index in [-0.39, 0.29) is 11.5 Å². The first-order valence-corrected chi connectivity index (χ1v) is 13.8. The molecule has 5 heteroatoms. The quantitative estimate of drug-likeness (QED) is 0.151. The average Bonchev–Trinajstić information content (AvgIpc) is 3.26. The molecule has 1 aliphatic heterocycles. The molecule has 0 radical (unpaired) electrons. The van der Waals surface area contributed by atoms with Crippen molar-refractivity contribution >= 4 is 16.9 Å². The molecule has 3 N–H and O–H groups in total. The van der Waals surface area contributed by atoms with Crippen LogP contribution in [0.15, 0.2) is 54.2 Å². The van der Waals surface area contributed by atoms with Crippen LogP contribution in [0.3, 0.4) is 0 Å². The Morgan fingerprint density at radius 3 is 2.86 bits per heavy atom. The summed E-state index contributed by atoms with van der Waals surface area (Å²) in [5, 5.41) is 1.09. The predicted octanol–water partition coefficient (Wildman–Crippen LogP) is 6.99. The highest BCUT2D eigenvalue weighted by molar-refractivity contribution is 5.85. The monoisotopic (exact) mass is 500 g/mol. The number of fused-ring (bicyclic) bond motifs is 4. The van der Waals surface area contributed by atoms with E-state index in [1.54, 1.807) is 0 Å². The van der Waals surface area contributed by atoms with Crippen molar-refractivity contribution in [2.75, 3.05) is 0 Å². The van der Waals surface area contributed by atoms with Crippen LogP contribution in [0.5, 0.6) is 11.5 Å². The highest BCUT2D eigenvalue weighted by Gasteiger charge is 2.45. The number of hydrogen-bond acceptors (Lipinski definition) is 4. The van der Waals surface area contributed by atoms with Gasteiger partial charge in [-0.15, -0.1) is 0 Å². The number of allylic oxidation sites excluding steroid dienone is 2. The number of rotatable bonds is 8. The molecule has 37 heavy (non-hydrogen) atoms. The van der Waals surface area contributed by atoms with Crippen molar-refractivity contribution in [3.8, 4) is 11.5 Å². The summed E-state index contributed by atoms with van der Waals surface area (Å²) >= 11 is 0. The Bertz CT molecular complexity index is 1320. The van der Waals surface area contributed by atoms with E-state index >= 15 is 0 Å². The van der Waals surface area contributed by atoms with Crippen LogP contribution in [0.25, 0.3) is 10.9 Å². The Balaban J connectivity index is 1.47. The van der Waals surface area contributed by atoms with E-state index < -0.39 is 12.0 Å². The van der Waals surface area contributed by atoms with E-state index in [9.17, 15) is 4.79 Å². The molecule has 0 fully saturated rings. The summed E-state index contributed by atoms with van der Waals surface area (Å²) in [5.74, 6) is 1.53. The maximum absolute atomic E-state index is 13.4. The number of aryl methyl sites for hydroxylation is 1. The van der Waals surface area contributed by atoms with Crippen LogP contribution in [-0.2, 0) is 17.6 Å². The third kappa shape index (κ3) is 5.19. The summed E-state index contributed by atoms with van der Waals surface area (Å²) in [5.41, 5.74) is 11.7. The number of aromatic nitrogens is 1. The van der Waals surface area contributed by atoms with Crippen LogP contribution in [0, 0.1) is 5.92 Å². The van der Waals surface area contributed by atoms with Crippen LogP contribution in [0.2, 0.25) is 0 Å². The molecular weight excluding hydrogens is 460 g/mol. The van der Waals surface area contributed by atoms with Crippen molar-refractivity contribution in [2.24, 2.45) is 11.7 Å². The number of aromatic amines is 1. The molecule has 5 nitrogen and oxygen atoms in total. The molecule has 3 atom stereocenters. The molecule has 3 aromatic rings. The molecule has 2 aliphatic rings. The predicted molar refractivity (Wildman–Crippen MR) is 149 cm³/mol. The van der Waals surface area contributed by atoms with Gasteiger partial charge < -0.3 is 20.2 Å². The van der Waals surface area contributed by atoms with Crippen LogP contribution in [0.1, 0.15) is 82.4 Å². The molecule has 0 spiro atoms. The topological polar surface area (TPSA) is 77.3 Å². The van der Waals surface area contributed by atoms with Gasteiger partial charge in [0.2, 0.25) is 0 Å². The zero-order chi connectivity index (χ0) is 26.2. The van der Waals surface area contributed by atoms with Crippen molar-refractivity contribution in [1.29, 1.82) is 0 Å². The number of H-pyrrole nitrogens is 1. The summed E-state index contributed by atoms with van der Waals surface area (Å²) in [7, 11) is 0. The Labute approximate surface area is 220 Å². The van der Waals surface area contributed by atoms with Gasteiger partial charge in [0.15, 0.2) is 0 Å². The number of esters is 1. The first-order chi connectivity index (χ1) is 17.8. The minimum atomic E-state index is -0.765. The molecule has 0 saturated heterocycles. The molecule has 1 aromatic heterocycles. The second-order valence-corrected chi connectivity index (χ2v) is 11.4. The maximum atomic E-state index is 13.4. The van der Waals surface area contributed by atoms with Gasteiger partial charge in [-0.2, -0.15) is 0 Å². The van der Waals surface area contributed by atoms with Gasteiger partial charge in [0, 0.05) is 40.9 Å².